The molecule has 2 atom stereocenters. The lowest BCUT2D eigenvalue weighted by Gasteiger charge is -2.54. The summed E-state index contributed by atoms with van der Waals surface area (Å²) in [6.07, 6.45) is 6.30. The highest BCUT2D eigenvalue weighted by molar-refractivity contribution is 14.0. The average Bonchev–Trinajstić information content (AvgIpc) is 3.10. The molecule has 0 aromatic carbocycles. The SMILES string of the molecule is CCOC1CC(NC(=NCC(=O)N(C)C)NCCOC)C12CCCC2.I. The molecule has 2 N–H and O–H groups in total. The Morgan fingerprint density at radius 3 is 2.58 bits per heavy atom. The number of rotatable bonds is 8. The predicted molar refractivity (Wildman–Crippen MR) is 114 cm³/mol. The van der Waals surface area contributed by atoms with Crippen molar-refractivity contribution in [1.82, 2.24) is 15.5 Å². The number of amides is 1. The van der Waals surface area contributed by atoms with Gasteiger partial charge in [-0.25, -0.2) is 4.99 Å². The first kappa shape index (κ1) is 23.4. The molecule has 0 saturated heterocycles. The minimum absolute atomic E-state index is 0. The van der Waals surface area contributed by atoms with Crippen LogP contribution in [-0.2, 0) is 14.3 Å². The Morgan fingerprint density at radius 2 is 2.00 bits per heavy atom. The van der Waals surface area contributed by atoms with Gasteiger partial charge in [-0.15, -0.1) is 24.0 Å². The largest absolute Gasteiger partial charge is 0.383 e. The molecule has 2 rings (SSSR count). The average molecular weight is 482 g/mol. The number of halogens is 1. The van der Waals surface area contributed by atoms with Crippen molar-refractivity contribution in [2.75, 3.05) is 47.5 Å². The summed E-state index contributed by atoms with van der Waals surface area (Å²) < 4.78 is 11.1. The molecule has 2 unspecified atom stereocenters. The highest BCUT2D eigenvalue weighted by atomic mass is 127. The number of hydrogen-bond acceptors (Lipinski definition) is 4. The Labute approximate surface area is 174 Å². The standard InChI is InChI=1S/C18H34N4O3.HI/c1-5-25-15-12-14(18(15)8-6-7-9-18)21-17(19-10-11-24-4)20-13-16(23)22(2)3;/h14-15H,5-13H2,1-4H3,(H2,19,20,21);1H. The molecule has 2 saturated carbocycles. The number of ether oxygens (including phenoxy) is 2. The van der Waals surface area contributed by atoms with E-state index in [2.05, 4.69) is 22.5 Å². The Kier molecular flexibility index (Phi) is 10.2. The van der Waals surface area contributed by atoms with E-state index in [1.807, 2.05) is 0 Å². The summed E-state index contributed by atoms with van der Waals surface area (Å²) in [4.78, 5) is 17.9. The second-order valence-electron chi connectivity index (χ2n) is 7.19. The Balaban J connectivity index is 0.00000338. The summed E-state index contributed by atoms with van der Waals surface area (Å²) in [6.45, 7) is 4.23. The predicted octanol–water partition coefficient (Wildman–Crippen LogP) is 1.61. The highest BCUT2D eigenvalue weighted by Crippen LogP contribution is 2.54. The molecule has 0 bridgehead atoms. The molecule has 0 aliphatic heterocycles. The van der Waals surface area contributed by atoms with Crippen LogP contribution in [0.3, 0.4) is 0 Å². The van der Waals surface area contributed by atoms with E-state index in [-0.39, 0.29) is 41.8 Å². The van der Waals surface area contributed by atoms with Gasteiger partial charge in [0.1, 0.15) is 6.54 Å². The zero-order valence-corrected chi connectivity index (χ0v) is 18.9. The Hall–Kier alpha value is -0.610. The second-order valence-corrected chi connectivity index (χ2v) is 7.19. The normalized spacial score (nSPS) is 23.9. The molecule has 2 aliphatic rings. The van der Waals surface area contributed by atoms with Crippen LogP contribution in [0.2, 0.25) is 0 Å². The minimum Gasteiger partial charge on any atom is -0.383 e. The molecule has 26 heavy (non-hydrogen) atoms. The lowest BCUT2D eigenvalue weighted by Crippen LogP contribution is -2.65. The Morgan fingerprint density at radius 1 is 1.31 bits per heavy atom. The van der Waals surface area contributed by atoms with Crippen LogP contribution in [0.1, 0.15) is 39.0 Å². The first-order chi connectivity index (χ1) is 12.0. The van der Waals surface area contributed by atoms with Crippen molar-refractivity contribution in [1.29, 1.82) is 0 Å². The van der Waals surface area contributed by atoms with Crippen LogP contribution in [0.15, 0.2) is 4.99 Å². The number of likely N-dealkylation sites (N-methyl/N-ethyl adjacent to an activating group) is 1. The molecule has 0 heterocycles. The van der Waals surface area contributed by atoms with Gasteiger partial charge in [0.25, 0.3) is 0 Å². The van der Waals surface area contributed by atoms with Gasteiger partial charge >= 0.3 is 0 Å². The number of aliphatic imine (C=N–C) groups is 1. The van der Waals surface area contributed by atoms with Gasteiger partial charge in [-0.1, -0.05) is 12.8 Å². The molecule has 0 radical (unpaired) electrons. The van der Waals surface area contributed by atoms with Gasteiger partial charge in [0.05, 0.1) is 12.7 Å². The molecule has 1 spiro atoms. The molecule has 2 fully saturated rings. The van der Waals surface area contributed by atoms with Crippen molar-refractivity contribution in [3.63, 3.8) is 0 Å². The summed E-state index contributed by atoms with van der Waals surface area (Å²) in [5.41, 5.74) is 0.227. The maximum absolute atomic E-state index is 11.9. The van der Waals surface area contributed by atoms with Crippen LogP contribution in [0.4, 0.5) is 0 Å². The zero-order valence-electron chi connectivity index (χ0n) is 16.5. The van der Waals surface area contributed by atoms with Crippen LogP contribution in [0, 0.1) is 5.41 Å². The molecule has 152 valence electrons. The van der Waals surface area contributed by atoms with E-state index in [0.29, 0.717) is 31.3 Å². The number of carbonyl (C=O) groups is 1. The van der Waals surface area contributed by atoms with Gasteiger partial charge in [-0.2, -0.15) is 0 Å². The van der Waals surface area contributed by atoms with Crippen LogP contribution in [0.5, 0.6) is 0 Å². The van der Waals surface area contributed by atoms with Crippen LogP contribution < -0.4 is 10.6 Å². The smallest absolute Gasteiger partial charge is 0.243 e. The summed E-state index contributed by atoms with van der Waals surface area (Å²) in [6, 6.07) is 0.356. The van der Waals surface area contributed by atoms with E-state index >= 15 is 0 Å². The van der Waals surface area contributed by atoms with E-state index in [9.17, 15) is 4.79 Å². The molecule has 8 heteroatoms. The number of guanidine groups is 1. The third-order valence-electron chi connectivity index (χ3n) is 5.47. The van der Waals surface area contributed by atoms with Gasteiger partial charge < -0.3 is 25.0 Å². The summed E-state index contributed by atoms with van der Waals surface area (Å²) in [5, 5.41) is 6.83. The second kappa shape index (κ2) is 11.3. The lowest BCUT2D eigenvalue weighted by molar-refractivity contribution is -0.127. The molecular formula is C18H35IN4O3. The third-order valence-corrected chi connectivity index (χ3v) is 5.47. The number of nitrogens with zero attached hydrogens (tertiary/aromatic N) is 2. The highest BCUT2D eigenvalue weighted by Gasteiger charge is 2.56. The van der Waals surface area contributed by atoms with Crippen molar-refractivity contribution in [2.45, 2.75) is 51.2 Å². The number of nitrogens with one attached hydrogen (secondary N) is 2. The zero-order chi connectivity index (χ0) is 18.3. The van der Waals surface area contributed by atoms with Gasteiger partial charge in [0.15, 0.2) is 5.96 Å². The van der Waals surface area contributed by atoms with Crippen molar-refractivity contribution >= 4 is 35.8 Å². The van der Waals surface area contributed by atoms with E-state index < -0.39 is 0 Å². The first-order valence-corrected chi connectivity index (χ1v) is 9.39. The van der Waals surface area contributed by atoms with E-state index in [4.69, 9.17) is 9.47 Å². The van der Waals surface area contributed by atoms with Gasteiger partial charge in [0, 0.05) is 45.8 Å². The molecule has 2 aliphatic carbocycles. The summed E-state index contributed by atoms with van der Waals surface area (Å²) in [5.74, 6) is 0.683. The summed E-state index contributed by atoms with van der Waals surface area (Å²) >= 11 is 0. The van der Waals surface area contributed by atoms with Crippen molar-refractivity contribution < 1.29 is 14.3 Å². The maximum Gasteiger partial charge on any atom is 0.243 e. The lowest BCUT2D eigenvalue weighted by atomic mass is 9.60. The van der Waals surface area contributed by atoms with Gasteiger partial charge in [-0.3, -0.25) is 4.79 Å². The molecule has 1 amide bonds. The van der Waals surface area contributed by atoms with Gasteiger partial charge in [0.2, 0.25) is 5.91 Å². The minimum atomic E-state index is -0.00998. The number of hydrogen-bond donors (Lipinski definition) is 2. The van der Waals surface area contributed by atoms with Crippen molar-refractivity contribution in [3.05, 3.63) is 0 Å². The van der Waals surface area contributed by atoms with E-state index in [1.54, 1.807) is 26.1 Å². The quantitative estimate of drug-likeness (QED) is 0.238. The Bertz CT molecular complexity index is 467. The van der Waals surface area contributed by atoms with Crippen molar-refractivity contribution in [3.8, 4) is 0 Å². The molecule has 0 aromatic rings. The first-order valence-electron chi connectivity index (χ1n) is 9.39. The fourth-order valence-corrected chi connectivity index (χ4v) is 3.97. The van der Waals surface area contributed by atoms with E-state index in [0.717, 1.165) is 13.0 Å². The van der Waals surface area contributed by atoms with Crippen molar-refractivity contribution in [2.24, 2.45) is 10.4 Å². The topological polar surface area (TPSA) is 75.2 Å². The number of methoxy groups -OCH3 is 1. The fraction of sp³-hybridized carbons (Fsp3) is 0.889. The van der Waals surface area contributed by atoms with Gasteiger partial charge in [-0.05, 0) is 26.2 Å². The third kappa shape index (κ3) is 5.69. The maximum atomic E-state index is 11.9. The molecule has 7 nitrogen and oxygen atoms in total. The fourth-order valence-electron chi connectivity index (χ4n) is 3.97. The van der Waals surface area contributed by atoms with Crippen LogP contribution in [0.25, 0.3) is 0 Å². The number of carbonyl (C=O) groups excluding carboxylic acids is 1. The van der Waals surface area contributed by atoms with Crippen LogP contribution in [-0.4, -0.2) is 76.4 Å². The molecular weight excluding hydrogens is 447 g/mol. The molecule has 0 aromatic heterocycles. The monoisotopic (exact) mass is 482 g/mol. The summed E-state index contributed by atoms with van der Waals surface area (Å²) in [7, 11) is 5.17. The van der Waals surface area contributed by atoms with Crippen LogP contribution >= 0.6 is 24.0 Å². The van der Waals surface area contributed by atoms with E-state index in [1.165, 1.54) is 25.7 Å².